The van der Waals surface area contributed by atoms with Gasteiger partial charge in [0, 0.05) is 18.9 Å². The predicted octanol–water partition coefficient (Wildman–Crippen LogP) is 1.61. The van der Waals surface area contributed by atoms with Crippen LogP contribution in [0.25, 0.3) is 0 Å². The van der Waals surface area contributed by atoms with Crippen molar-refractivity contribution in [2.45, 2.75) is 19.4 Å². The standard InChI is InChI=1S/C16H15N3O3/c1-10-13(18-8-7-17-10)15(20)19-9-6-11-4-2-3-5-12(11)14(19)16(21)22/h2-5,7-8,14H,6,9H2,1H3,(H,21,22). The van der Waals surface area contributed by atoms with E-state index in [0.717, 1.165) is 5.56 Å². The van der Waals surface area contributed by atoms with Crippen LogP contribution in [0.5, 0.6) is 0 Å². The summed E-state index contributed by atoms with van der Waals surface area (Å²) in [7, 11) is 0. The second-order valence-electron chi connectivity index (χ2n) is 5.18. The molecule has 22 heavy (non-hydrogen) atoms. The summed E-state index contributed by atoms with van der Waals surface area (Å²) in [6.07, 6.45) is 3.57. The van der Waals surface area contributed by atoms with E-state index in [-0.39, 0.29) is 5.69 Å². The van der Waals surface area contributed by atoms with Gasteiger partial charge in [0.25, 0.3) is 5.91 Å². The Balaban J connectivity index is 2.02. The molecule has 1 N–H and O–H groups in total. The van der Waals surface area contributed by atoms with Crippen molar-refractivity contribution in [3.05, 3.63) is 59.2 Å². The van der Waals surface area contributed by atoms with E-state index in [1.54, 1.807) is 19.1 Å². The largest absolute Gasteiger partial charge is 0.479 e. The summed E-state index contributed by atoms with van der Waals surface area (Å²) in [5.74, 6) is -1.44. The summed E-state index contributed by atoms with van der Waals surface area (Å²) in [6.45, 7) is 2.04. The second-order valence-corrected chi connectivity index (χ2v) is 5.18. The van der Waals surface area contributed by atoms with E-state index in [0.29, 0.717) is 24.2 Å². The molecule has 1 atom stereocenters. The van der Waals surface area contributed by atoms with Gasteiger partial charge in [0.1, 0.15) is 5.69 Å². The number of carboxylic acid groups (broad SMARTS) is 1. The molecular weight excluding hydrogens is 282 g/mol. The number of aromatic nitrogens is 2. The number of carboxylic acids is 1. The van der Waals surface area contributed by atoms with Crippen molar-refractivity contribution >= 4 is 11.9 Å². The molecular formula is C16H15N3O3. The molecule has 1 aromatic carbocycles. The van der Waals surface area contributed by atoms with Gasteiger partial charge in [0.05, 0.1) is 5.69 Å². The van der Waals surface area contributed by atoms with Gasteiger partial charge in [-0.15, -0.1) is 0 Å². The average molecular weight is 297 g/mol. The van der Waals surface area contributed by atoms with E-state index in [9.17, 15) is 14.7 Å². The number of aryl methyl sites for hydroxylation is 1. The summed E-state index contributed by atoms with van der Waals surface area (Å²) in [4.78, 5) is 33.9. The lowest BCUT2D eigenvalue weighted by atomic mass is 9.92. The number of nitrogens with zero attached hydrogens (tertiary/aromatic N) is 3. The molecule has 1 aromatic heterocycles. The van der Waals surface area contributed by atoms with Crippen molar-refractivity contribution in [3.63, 3.8) is 0 Å². The Morgan fingerprint density at radius 3 is 2.68 bits per heavy atom. The first-order chi connectivity index (χ1) is 10.6. The molecule has 1 amide bonds. The van der Waals surface area contributed by atoms with Gasteiger partial charge in [-0.2, -0.15) is 0 Å². The van der Waals surface area contributed by atoms with Crippen LogP contribution in [-0.4, -0.2) is 38.4 Å². The van der Waals surface area contributed by atoms with Crippen LogP contribution in [0.4, 0.5) is 0 Å². The third-order valence-corrected chi connectivity index (χ3v) is 3.86. The molecule has 6 heteroatoms. The average Bonchev–Trinajstić information content (AvgIpc) is 2.53. The van der Waals surface area contributed by atoms with Gasteiger partial charge in [0.2, 0.25) is 0 Å². The van der Waals surface area contributed by atoms with E-state index < -0.39 is 17.9 Å². The highest BCUT2D eigenvalue weighted by Crippen LogP contribution is 2.31. The van der Waals surface area contributed by atoms with Crippen LogP contribution >= 0.6 is 0 Å². The van der Waals surface area contributed by atoms with Gasteiger partial charge in [-0.05, 0) is 24.5 Å². The first-order valence-electron chi connectivity index (χ1n) is 6.99. The minimum Gasteiger partial charge on any atom is -0.479 e. The summed E-state index contributed by atoms with van der Waals surface area (Å²) >= 11 is 0. The van der Waals surface area contributed by atoms with Gasteiger partial charge in [-0.25, -0.2) is 9.78 Å². The normalized spacial score (nSPS) is 17.0. The van der Waals surface area contributed by atoms with Crippen LogP contribution < -0.4 is 0 Å². The number of carbonyl (C=O) groups excluding carboxylic acids is 1. The van der Waals surface area contributed by atoms with Crippen molar-refractivity contribution in [2.75, 3.05) is 6.54 Å². The summed E-state index contributed by atoms with van der Waals surface area (Å²) in [5, 5.41) is 9.59. The number of aliphatic carboxylic acids is 1. The van der Waals surface area contributed by atoms with Crippen molar-refractivity contribution in [1.82, 2.24) is 14.9 Å². The quantitative estimate of drug-likeness (QED) is 0.910. The molecule has 0 bridgehead atoms. The fourth-order valence-electron chi connectivity index (χ4n) is 2.81. The maximum Gasteiger partial charge on any atom is 0.331 e. The number of hydrogen-bond donors (Lipinski definition) is 1. The number of rotatable bonds is 2. The summed E-state index contributed by atoms with van der Waals surface area (Å²) < 4.78 is 0. The van der Waals surface area contributed by atoms with Crippen molar-refractivity contribution in [3.8, 4) is 0 Å². The zero-order chi connectivity index (χ0) is 15.7. The fourth-order valence-corrected chi connectivity index (χ4v) is 2.81. The second kappa shape index (κ2) is 5.55. The molecule has 0 aliphatic carbocycles. The number of hydrogen-bond acceptors (Lipinski definition) is 4. The SMILES string of the molecule is Cc1nccnc1C(=O)N1CCc2ccccc2C1C(=O)O. The highest BCUT2D eigenvalue weighted by Gasteiger charge is 2.37. The van der Waals surface area contributed by atoms with Gasteiger partial charge in [-0.3, -0.25) is 9.78 Å². The van der Waals surface area contributed by atoms with Crippen molar-refractivity contribution in [1.29, 1.82) is 0 Å². The molecule has 0 fully saturated rings. The maximum atomic E-state index is 12.7. The Hall–Kier alpha value is -2.76. The lowest BCUT2D eigenvalue weighted by Gasteiger charge is -2.34. The van der Waals surface area contributed by atoms with Crippen molar-refractivity contribution < 1.29 is 14.7 Å². The monoisotopic (exact) mass is 297 g/mol. The molecule has 112 valence electrons. The fraction of sp³-hybridized carbons (Fsp3) is 0.250. The van der Waals surface area contributed by atoms with Gasteiger partial charge < -0.3 is 10.0 Å². The summed E-state index contributed by atoms with van der Waals surface area (Å²) in [5.41, 5.74) is 2.33. The number of amides is 1. The van der Waals surface area contributed by atoms with Crippen LogP contribution in [0.1, 0.15) is 33.4 Å². The first kappa shape index (κ1) is 14.2. The van der Waals surface area contributed by atoms with Crippen LogP contribution in [0.15, 0.2) is 36.7 Å². The lowest BCUT2D eigenvalue weighted by molar-refractivity contribution is -0.143. The highest BCUT2D eigenvalue weighted by molar-refractivity contribution is 5.96. The molecule has 1 aliphatic rings. The Kier molecular flexibility index (Phi) is 3.58. The molecule has 0 saturated carbocycles. The van der Waals surface area contributed by atoms with Gasteiger partial charge in [-0.1, -0.05) is 24.3 Å². The minimum atomic E-state index is -1.04. The Bertz CT molecular complexity index is 745. The Morgan fingerprint density at radius 2 is 1.95 bits per heavy atom. The van der Waals surface area contributed by atoms with Crippen LogP contribution in [0, 0.1) is 6.92 Å². The van der Waals surface area contributed by atoms with E-state index in [4.69, 9.17) is 0 Å². The highest BCUT2D eigenvalue weighted by atomic mass is 16.4. The lowest BCUT2D eigenvalue weighted by Crippen LogP contribution is -2.44. The summed E-state index contributed by atoms with van der Waals surface area (Å²) in [6, 6.07) is 6.34. The molecule has 1 unspecified atom stereocenters. The number of fused-ring (bicyclic) bond motifs is 1. The molecule has 2 aromatic rings. The third-order valence-electron chi connectivity index (χ3n) is 3.86. The Morgan fingerprint density at radius 1 is 1.23 bits per heavy atom. The maximum absolute atomic E-state index is 12.7. The molecule has 0 spiro atoms. The van der Waals surface area contributed by atoms with Crippen LogP contribution in [0.2, 0.25) is 0 Å². The number of benzene rings is 1. The van der Waals surface area contributed by atoms with Gasteiger partial charge in [0.15, 0.2) is 6.04 Å². The topological polar surface area (TPSA) is 83.4 Å². The van der Waals surface area contributed by atoms with Crippen LogP contribution in [-0.2, 0) is 11.2 Å². The van der Waals surface area contributed by atoms with Crippen LogP contribution in [0.3, 0.4) is 0 Å². The molecule has 3 rings (SSSR count). The van der Waals surface area contributed by atoms with E-state index in [1.807, 2.05) is 12.1 Å². The smallest absolute Gasteiger partial charge is 0.331 e. The van der Waals surface area contributed by atoms with E-state index in [2.05, 4.69) is 9.97 Å². The van der Waals surface area contributed by atoms with Gasteiger partial charge >= 0.3 is 5.97 Å². The van der Waals surface area contributed by atoms with Crippen molar-refractivity contribution in [2.24, 2.45) is 0 Å². The molecule has 1 aliphatic heterocycles. The minimum absolute atomic E-state index is 0.202. The third kappa shape index (κ3) is 2.32. The predicted molar refractivity (Wildman–Crippen MR) is 78.3 cm³/mol. The first-order valence-corrected chi connectivity index (χ1v) is 6.99. The molecule has 0 radical (unpaired) electrons. The Labute approximate surface area is 127 Å². The van der Waals surface area contributed by atoms with E-state index in [1.165, 1.54) is 17.3 Å². The molecule has 0 saturated heterocycles. The number of carbonyl (C=O) groups is 2. The zero-order valence-electron chi connectivity index (χ0n) is 12.1. The zero-order valence-corrected chi connectivity index (χ0v) is 12.1. The molecule has 6 nitrogen and oxygen atoms in total. The van der Waals surface area contributed by atoms with E-state index >= 15 is 0 Å². The molecule has 2 heterocycles.